The van der Waals surface area contributed by atoms with Gasteiger partial charge in [-0.2, -0.15) is 4.99 Å². The molecular formula is C20H14IN3OS. The fourth-order valence-electron chi connectivity index (χ4n) is 2.73. The Hall–Kier alpha value is -2.32. The fourth-order valence-corrected chi connectivity index (χ4v) is 3.87. The van der Waals surface area contributed by atoms with Crippen LogP contribution in [0.4, 0.5) is 0 Å². The van der Waals surface area contributed by atoms with Crippen molar-refractivity contribution in [3.63, 3.8) is 0 Å². The van der Waals surface area contributed by atoms with Crippen LogP contribution in [0.1, 0.15) is 16.0 Å². The molecule has 0 radical (unpaired) electrons. The van der Waals surface area contributed by atoms with Gasteiger partial charge in [0.25, 0.3) is 5.91 Å². The molecule has 1 amide bonds. The summed E-state index contributed by atoms with van der Waals surface area (Å²) in [6.45, 7) is 0.699. The van der Waals surface area contributed by atoms with E-state index in [2.05, 4.69) is 43.7 Å². The number of carbonyl (C=O) groups excluding carboxylic acids is 1. The number of hydrogen-bond acceptors (Lipinski definition) is 3. The standard InChI is InChI=1S/C20H14IN3OS/c21-15-7-9-18-22-20(23-19(25)10-8-16-5-3-11-26-16)17-6-2-1-4-14(17)12-24(18)13-15/h1-11,13H,12H2/b10-8+,23-20?. The monoisotopic (exact) mass is 471 g/mol. The lowest BCUT2D eigenvalue weighted by Gasteiger charge is -2.21. The van der Waals surface area contributed by atoms with Crippen LogP contribution in [0.25, 0.3) is 6.08 Å². The van der Waals surface area contributed by atoms with Gasteiger partial charge in [-0.05, 0) is 57.8 Å². The van der Waals surface area contributed by atoms with Crippen molar-refractivity contribution < 1.29 is 4.79 Å². The largest absolute Gasteiger partial charge is 0.327 e. The SMILES string of the molecule is O=C(/C=C/c1cccs1)N=C1N=C2C=CC(I)=CN2Cc2ccccc21. The molecule has 26 heavy (non-hydrogen) atoms. The van der Waals surface area contributed by atoms with Crippen LogP contribution < -0.4 is 0 Å². The minimum Gasteiger partial charge on any atom is -0.327 e. The summed E-state index contributed by atoms with van der Waals surface area (Å²) >= 11 is 3.86. The molecule has 4 nitrogen and oxygen atoms in total. The molecule has 0 spiro atoms. The number of rotatable bonds is 2. The third-order valence-corrected chi connectivity index (χ3v) is 5.41. The lowest BCUT2D eigenvalue weighted by Crippen LogP contribution is -2.24. The summed E-state index contributed by atoms with van der Waals surface area (Å²) in [5.74, 6) is 0.926. The summed E-state index contributed by atoms with van der Waals surface area (Å²) in [7, 11) is 0. The highest BCUT2D eigenvalue weighted by Gasteiger charge is 2.21. The highest BCUT2D eigenvalue weighted by Crippen LogP contribution is 2.24. The van der Waals surface area contributed by atoms with Crippen LogP contribution in [0, 0.1) is 0 Å². The molecule has 6 heteroatoms. The Kier molecular flexibility index (Phi) is 4.94. The number of benzene rings is 1. The molecule has 1 aromatic heterocycles. The number of nitrogens with zero attached hydrogens (tertiary/aromatic N) is 3. The summed E-state index contributed by atoms with van der Waals surface area (Å²) in [5, 5.41) is 1.97. The summed E-state index contributed by atoms with van der Waals surface area (Å²) in [5.41, 5.74) is 1.99. The van der Waals surface area contributed by atoms with Gasteiger partial charge < -0.3 is 4.90 Å². The Bertz CT molecular complexity index is 1000. The first-order valence-corrected chi connectivity index (χ1v) is 9.98. The Morgan fingerprint density at radius 3 is 2.96 bits per heavy atom. The number of aliphatic imine (C=N–C) groups is 2. The van der Waals surface area contributed by atoms with Gasteiger partial charge in [-0.1, -0.05) is 30.3 Å². The molecule has 2 aliphatic rings. The third kappa shape index (κ3) is 3.76. The Morgan fingerprint density at radius 2 is 2.12 bits per heavy atom. The van der Waals surface area contributed by atoms with E-state index in [9.17, 15) is 4.79 Å². The predicted octanol–water partition coefficient (Wildman–Crippen LogP) is 4.80. The van der Waals surface area contributed by atoms with Gasteiger partial charge in [0.2, 0.25) is 0 Å². The molecule has 2 aliphatic heterocycles. The number of halogens is 1. The van der Waals surface area contributed by atoms with Crippen LogP contribution in [0.15, 0.2) is 79.8 Å². The van der Waals surface area contributed by atoms with Crippen molar-refractivity contribution in [1.29, 1.82) is 0 Å². The average molecular weight is 471 g/mol. The molecule has 0 atom stereocenters. The number of thiophene rings is 1. The first-order valence-electron chi connectivity index (χ1n) is 8.02. The van der Waals surface area contributed by atoms with E-state index < -0.39 is 0 Å². The van der Waals surface area contributed by atoms with Crippen LogP contribution in [-0.2, 0) is 11.3 Å². The van der Waals surface area contributed by atoms with Crippen LogP contribution in [0.5, 0.6) is 0 Å². The van der Waals surface area contributed by atoms with Crippen molar-refractivity contribution in [3.05, 3.63) is 85.8 Å². The second-order valence-electron chi connectivity index (χ2n) is 5.72. The quantitative estimate of drug-likeness (QED) is 0.467. The van der Waals surface area contributed by atoms with Crippen molar-refractivity contribution in [3.8, 4) is 0 Å². The molecule has 2 aromatic rings. The van der Waals surface area contributed by atoms with Gasteiger partial charge in [0.15, 0.2) is 5.84 Å². The number of fused-ring (bicyclic) bond motifs is 2. The van der Waals surface area contributed by atoms with E-state index in [1.165, 1.54) is 6.08 Å². The zero-order chi connectivity index (χ0) is 17.9. The Balaban J connectivity index is 1.72. The topological polar surface area (TPSA) is 45.0 Å². The summed E-state index contributed by atoms with van der Waals surface area (Å²) in [4.78, 5) is 24.4. The van der Waals surface area contributed by atoms with E-state index in [4.69, 9.17) is 0 Å². The second kappa shape index (κ2) is 7.51. The summed E-state index contributed by atoms with van der Waals surface area (Å²) < 4.78 is 1.13. The van der Waals surface area contributed by atoms with Crippen LogP contribution >= 0.6 is 33.9 Å². The van der Waals surface area contributed by atoms with Crippen molar-refractivity contribution in [2.24, 2.45) is 9.98 Å². The maximum absolute atomic E-state index is 12.4. The van der Waals surface area contributed by atoms with Crippen LogP contribution in [-0.4, -0.2) is 22.5 Å². The first kappa shape index (κ1) is 17.1. The van der Waals surface area contributed by atoms with E-state index in [-0.39, 0.29) is 5.91 Å². The predicted molar refractivity (Wildman–Crippen MR) is 116 cm³/mol. The van der Waals surface area contributed by atoms with Gasteiger partial charge in [0.05, 0.1) is 0 Å². The van der Waals surface area contributed by atoms with Crippen molar-refractivity contribution in [1.82, 2.24) is 4.90 Å². The number of carbonyl (C=O) groups is 1. The van der Waals surface area contributed by atoms with Crippen LogP contribution in [0.2, 0.25) is 0 Å². The molecule has 0 unspecified atom stereocenters. The molecule has 4 rings (SSSR count). The molecule has 1 aromatic carbocycles. The maximum atomic E-state index is 12.4. The molecule has 3 heterocycles. The average Bonchev–Trinajstić information content (AvgIpc) is 3.10. The molecule has 0 bridgehead atoms. The first-order chi connectivity index (χ1) is 12.7. The van der Waals surface area contributed by atoms with E-state index in [0.29, 0.717) is 12.4 Å². The molecule has 128 valence electrons. The van der Waals surface area contributed by atoms with E-state index in [1.54, 1.807) is 17.4 Å². The summed E-state index contributed by atoms with van der Waals surface area (Å²) in [6.07, 6.45) is 9.28. The van der Waals surface area contributed by atoms with Gasteiger partial charge in [0.1, 0.15) is 5.84 Å². The highest BCUT2D eigenvalue weighted by molar-refractivity contribution is 14.1. The number of amides is 1. The second-order valence-corrected chi connectivity index (χ2v) is 7.95. The maximum Gasteiger partial charge on any atom is 0.271 e. The van der Waals surface area contributed by atoms with Gasteiger partial charge >= 0.3 is 0 Å². The van der Waals surface area contributed by atoms with Gasteiger partial charge in [-0.25, -0.2) is 4.99 Å². The zero-order valence-electron chi connectivity index (χ0n) is 13.7. The third-order valence-electron chi connectivity index (χ3n) is 3.93. The lowest BCUT2D eigenvalue weighted by molar-refractivity contribution is -0.113. The van der Waals surface area contributed by atoms with Gasteiger partial charge in [0, 0.05) is 32.8 Å². The van der Waals surface area contributed by atoms with E-state index in [0.717, 1.165) is 25.4 Å². The molecule has 0 saturated heterocycles. The van der Waals surface area contributed by atoms with Gasteiger partial charge in [-0.15, -0.1) is 11.3 Å². The molecule has 0 N–H and O–H groups in total. The lowest BCUT2D eigenvalue weighted by atomic mass is 10.1. The molecule has 0 aliphatic carbocycles. The van der Waals surface area contributed by atoms with Crippen molar-refractivity contribution in [2.45, 2.75) is 6.54 Å². The minimum atomic E-state index is -0.314. The number of hydrogen-bond donors (Lipinski definition) is 0. The summed E-state index contributed by atoms with van der Waals surface area (Å²) in [6, 6.07) is 11.9. The molecule has 0 saturated carbocycles. The van der Waals surface area contributed by atoms with Gasteiger partial charge in [-0.3, -0.25) is 4.79 Å². The van der Waals surface area contributed by atoms with Crippen molar-refractivity contribution in [2.75, 3.05) is 0 Å². The Labute approximate surface area is 169 Å². The van der Waals surface area contributed by atoms with E-state index >= 15 is 0 Å². The van der Waals surface area contributed by atoms with E-state index in [1.807, 2.05) is 53.9 Å². The Morgan fingerprint density at radius 1 is 1.23 bits per heavy atom. The fraction of sp³-hybridized carbons (Fsp3) is 0.0500. The number of amidine groups is 2. The minimum absolute atomic E-state index is 0.314. The van der Waals surface area contributed by atoms with Crippen LogP contribution in [0.3, 0.4) is 0 Å². The number of allylic oxidation sites excluding steroid dienone is 2. The molecule has 0 fully saturated rings. The van der Waals surface area contributed by atoms with Crippen molar-refractivity contribution >= 4 is 57.6 Å². The molecular weight excluding hydrogens is 457 g/mol. The smallest absolute Gasteiger partial charge is 0.271 e. The highest BCUT2D eigenvalue weighted by atomic mass is 127. The zero-order valence-corrected chi connectivity index (χ0v) is 16.6. The normalized spacial score (nSPS) is 17.6.